The summed E-state index contributed by atoms with van der Waals surface area (Å²) in [5.74, 6) is 0.433. The van der Waals surface area contributed by atoms with Gasteiger partial charge in [-0.2, -0.15) is 5.10 Å². The van der Waals surface area contributed by atoms with Crippen molar-refractivity contribution in [3.8, 4) is 5.75 Å². The monoisotopic (exact) mass is 287 g/mol. The molecule has 0 radical (unpaired) electrons. The standard InChI is InChI=1S/C16H21N3O2/c1-16(2,3)10-12-9-14(19-18-12)17-15(21)8-11-6-4-5-7-13(11)20/h4-7,9,20H,8,10H2,1-3H3,(H2,17,18,19,21). The van der Waals surface area contributed by atoms with Crippen LogP contribution in [0.1, 0.15) is 32.0 Å². The highest BCUT2D eigenvalue weighted by Crippen LogP contribution is 2.21. The molecular formula is C16H21N3O2. The van der Waals surface area contributed by atoms with E-state index in [1.54, 1.807) is 24.3 Å². The fourth-order valence-electron chi connectivity index (χ4n) is 2.11. The second kappa shape index (κ2) is 5.99. The molecule has 1 amide bonds. The molecule has 0 aliphatic carbocycles. The van der Waals surface area contributed by atoms with Gasteiger partial charge in [0.25, 0.3) is 0 Å². The van der Waals surface area contributed by atoms with Crippen LogP contribution in [0.5, 0.6) is 5.75 Å². The summed E-state index contributed by atoms with van der Waals surface area (Å²) in [5, 5.41) is 19.4. The number of phenolic OH excluding ortho intramolecular Hbond substituents is 1. The maximum atomic E-state index is 12.0. The lowest BCUT2D eigenvalue weighted by Gasteiger charge is -2.15. The molecule has 0 fully saturated rings. The maximum absolute atomic E-state index is 12.0. The minimum absolute atomic E-state index is 0.119. The number of aromatic hydroxyl groups is 1. The Kier molecular flexibility index (Phi) is 4.31. The molecule has 0 atom stereocenters. The summed E-state index contributed by atoms with van der Waals surface area (Å²) in [7, 11) is 0. The van der Waals surface area contributed by atoms with Crippen LogP contribution in [0.4, 0.5) is 5.82 Å². The predicted molar refractivity (Wildman–Crippen MR) is 82.2 cm³/mol. The number of hydrogen-bond donors (Lipinski definition) is 3. The molecule has 0 unspecified atom stereocenters. The lowest BCUT2D eigenvalue weighted by molar-refractivity contribution is -0.115. The van der Waals surface area contributed by atoms with Gasteiger partial charge in [0, 0.05) is 17.3 Å². The van der Waals surface area contributed by atoms with Crippen molar-refractivity contribution in [3.63, 3.8) is 0 Å². The van der Waals surface area contributed by atoms with Gasteiger partial charge < -0.3 is 10.4 Å². The van der Waals surface area contributed by atoms with Crippen molar-refractivity contribution in [1.29, 1.82) is 0 Å². The highest BCUT2D eigenvalue weighted by atomic mass is 16.3. The number of phenols is 1. The van der Waals surface area contributed by atoms with Crippen LogP contribution >= 0.6 is 0 Å². The fourth-order valence-corrected chi connectivity index (χ4v) is 2.11. The van der Waals surface area contributed by atoms with E-state index in [9.17, 15) is 9.90 Å². The summed E-state index contributed by atoms with van der Waals surface area (Å²) in [6.45, 7) is 6.43. The second-order valence-electron chi connectivity index (χ2n) is 6.37. The van der Waals surface area contributed by atoms with Crippen LogP contribution in [-0.2, 0) is 17.6 Å². The van der Waals surface area contributed by atoms with Crippen molar-refractivity contribution < 1.29 is 9.90 Å². The summed E-state index contributed by atoms with van der Waals surface area (Å²) in [6.07, 6.45) is 0.976. The highest BCUT2D eigenvalue weighted by molar-refractivity contribution is 5.91. The Morgan fingerprint density at radius 3 is 2.71 bits per heavy atom. The number of anilines is 1. The summed E-state index contributed by atoms with van der Waals surface area (Å²) in [5.41, 5.74) is 1.74. The zero-order valence-electron chi connectivity index (χ0n) is 12.6. The van der Waals surface area contributed by atoms with Crippen LogP contribution in [0.3, 0.4) is 0 Å². The third-order valence-electron chi connectivity index (χ3n) is 2.96. The molecule has 1 heterocycles. The summed E-state index contributed by atoms with van der Waals surface area (Å²) in [6, 6.07) is 8.65. The van der Waals surface area contributed by atoms with Gasteiger partial charge in [0.2, 0.25) is 5.91 Å². The topological polar surface area (TPSA) is 78.0 Å². The summed E-state index contributed by atoms with van der Waals surface area (Å²) < 4.78 is 0. The van der Waals surface area contributed by atoms with E-state index in [2.05, 4.69) is 36.3 Å². The molecule has 0 spiro atoms. The van der Waals surface area contributed by atoms with Crippen LogP contribution in [0.2, 0.25) is 0 Å². The van der Waals surface area contributed by atoms with E-state index in [-0.39, 0.29) is 23.5 Å². The first kappa shape index (κ1) is 15.1. The van der Waals surface area contributed by atoms with Crippen molar-refractivity contribution in [2.45, 2.75) is 33.6 Å². The Balaban J connectivity index is 1.96. The third kappa shape index (κ3) is 4.63. The number of H-pyrrole nitrogens is 1. The Labute approximate surface area is 124 Å². The van der Waals surface area contributed by atoms with Gasteiger partial charge in [0.05, 0.1) is 6.42 Å². The van der Waals surface area contributed by atoms with E-state index in [0.29, 0.717) is 11.4 Å². The Morgan fingerprint density at radius 1 is 1.33 bits per heavy atom. The van der Waals surface area contributed by atoms with E-state index in [4.69, 9.17) is 0 Å². The molecule has 0 bridgehead atoms. The zero-order chi connectivity index (χ0) is 15.5. The first-order chi connectivity index (χ1) is 9.83. The molecule has 1 aromatic carbocycles. The van der Waals surface area contributed by atoms with E-state index < -0.39 is 0 Å². The molecule has 0 aliphatic rings. The molecule has 1 aromatic heterocycles. The van der Waals surface area contributed by atoms with Crippen molar-refractivity contribution in [2.24, 2.45) is 5.41 Å². The quantitative estimate of drug-likeness (QED) is 0.809. The van der Waals surface area contributed by atoms with E-state index in [0.717, 1.165) is 12.1 Å². The number of carbonyl (C=O) groups is 1. The Morgan fingerprint density at radius 2 is 2.05 bits per heavy atom. The van der Waals surface area contributed by atoms with Crippen LogP contribution in [0, 0.1) is 5.41 Å². The van der Waals surface area contributed by atoms with Gasteiger partial charge in [-0.3, -0.25) is 9.89 Å². The molecule has 5 heteroatoms. The predicted octanol–water partition coefficient (Wildman–Crippen LogP) is 2.89. The number of aromatic amines is 1. The van der Waals surface area contributed by atoms with Crippen LogP contribution in [0.25, 0.3) is 0 Å². The van der Waals surface area contributed by atoms with Gasteiger partial charge in [0.15, 0.2) is 5.82 Å². The van der Waals surface area contributed by atoms with Gasteiger partial charge in [-0.05, 0) is 17.9 Å². The van der Waals surface area contributed by atoms with E-state index in [1.165, 1.54) is 0 Å². The minimum atomic E-state index is -0.203. The molecule has 3 N–H and O–H groups in total. The van der Waals surface area contributed by atoms with Gasteiger partial charge in [0.1, 0.15) is 5.75 Å². The van der Waals surface area contributed by atoms with Crippen molar-refractivity contribution >= 4 is 11.7 Å². The number of benzene rings is 1. The van der Waals surface area contributed by atoms with Gasteiger partial charge in [-0.25, -0.2) is 0 Å². The molecular weight excluding hydrogens is 266 g/mol. The van der Waals surface area contributed by atoms with Crippen LogP contribution in [-0.4, -0.2) is 21.2 Å². The number of rotatable bonds is 4. The molecule has 0 saturated carbocycles. The Bertz CT molecular complexity index is 626. The average molecular weight is 287 g/mol. The first-order valence-electron chi connectivity index (χ1n) is 6.94. The minimum Gasteiger partial charge on any atom is -0.508 e. The van der Waals surface area contributed by atoms with Crippen LogP contribution in [0.15, 0.2) is 30.3 Å². The first-order valence-corrected chi connectivity index (χ1v) is 6.94. The number of para-hydroxylation sites is 1. The highest BCUT2D eigenvalue weighted by Gasteiger charge is 2.14. The smallest absolute Gasteiger partial charge is 0.230 e. The van der Waals surface area contributed by atoms with Gasteiger partial charge >= 0.3 is 0 Å². The largest absolute Gasteiger partial charge is 0.508 e. The molecule has 0 saturated heterocycles. The number of hydrogen-bond acceptors (Lipinski definition) is 3. The Hall–Kier alpha value is -2.30. The molecule has 112 valence electrons. The van der Waals surface area contributed by atoms with Crippen molar-refractivity contribution in [2.75, 3.05) is 5.32 Å². The van der Waals surface area contributed by atoms with Crippen LogP contribution < -0.4 is 5.32 Å². The van der Waals surface area contributed by atoms with Crippen molar-refractivity contribution in [1.82, 2.24) is 10.2 Å². The number of amides is 1. The molecule has 2 rings (SSSR count). The summed E-state index contributed by atoms with van der Waals surface area (Å²) >= 11 is 0. The van der Waals surface area contributed by atoms with Gasteiger partial charge in [-0.15, -0.1) is 0 Å². The number of carbonyl (C=O) groups excluding carboxylic acids is 1. The average Bonchev–Trinajstić information content (AvgIpc) is 2.77. The lowest BCUT2D eigenvalue weighted by atomic mass is 9.91. The maximum Gasteiger partial charge on any atom is 0.230 e. The number of aromatic nitrogens is 2. The lowest BCUT2D eigenvalue weighted by Crippen LogP contribution is -2.14. The number of nitrogens with one attached hydrogen (secondary N) is 2. The molecule has 5 nitrogen and oxygen atoms in total. The fraction of sp³-hybridized carbons (Fsp3) is 0.375. The SMILES string of the molecule is CC(C)(C)Cc1cc(NC(=O)Cc2ccccc2O)n[nH]1. The van der Waals surface area contributed by atoms with E-state index >= 15 is 0 Å². The third-order valence-corrected chi connectivity index (χ3v) is 2.96. The van der Waals surface area contributed by atoms with Crippen molar-refractivity contribution in [3.05, 3.63) is 41.6 Å². The molecule has 2 aromatic rings. The number of nitrogens with zero attached hydrogens (tertiary/aromatic N) is 1. The zero-order valence-corrected chi connectivity index (χ0v) is 12.6. The van der Waals surface area contributed by atoms with Gasteiger partial charge in [-0.1, -0.05) is 39.0 Å². The second-order valence-corrected chi connectivity index (χ2v) is 6.37. The normalized spacial score (nSPS) is 11.4. The molecule has 21 heavy (non-hydrogen) atoms. The summed E-state index contributed by atoms with van der Waals surface area (Å²) in [4.78, 5) is 12.0. The van der Waals surface area contributed by atoms with E-state index in [1.807, 2.05) is 6.07 Å². The molecule has 0 aliphatic heterocycles.